The molecule has 0 unspecified atom stereocenters. The van der Waals surface area contributed by atoms with Crippen LogP contribution in [0.3, 0.4) is 0 Å². The predicted octanol–water partition coefficient (Wildman–Crippen LogP) is 3.17. The Morgan fingerprint density at radius 3 is 2.85 bits per heavy atom. The lowest BCUT2D eigenvalue weighted by Crippen LogP contribution is -2.40. The second-order valence-electron chi connectivity index (χ2n) is 6.91. The van der Waals surface area contributed by atoms with Crippen molar-refractivity contribution in [3.8, 4) is 0 Å². The molecule has 6 heteroatoms. The summed E-state index contributed by atoms with van der Waals surface area (Å²) in [5, 5.41) is 2.77. The molecule has 5 nitrogen and oxygen atoms in total. The van der Waals surface area contributed by atoms with Gasteiger partial charge in [-0.2, -0.15) is 0 Å². The van der Waals surface area contributed by atoms with Crippen LogP contribution in [0.5, 0.6) is 0 Å². The highest BCUT2D eigenvalue weighted by Crippen LogP contribution is 2.22. The fraction of sp³-hybridized carbons (Fsp3) is 0.381. The lowest BCUT2D eigenvalue weighted by atomic mass is 9.93. The molecule has 1 fully saturated rings. The van der Waals surface area contributed by atoms with E-state index in [1.54, 1.807) is 42.7 Å². The molecule has 1 aromatic carbocycles. The summed E-state index contributed by atoms with van der Waals surface area (Å²) in [6.07, 6.45) is 6.29. The van der Waals surface area contributed by atoms with Crippen molar-refractivity contribution in [2.75, 3.05) is 13.1 Å². The van der Waals surface area contributed by atoms with Crippen molar-refractivity contribution in [1.29, 1.82) is 0 Å². The Hall–Kier alpha value is -2.76. The second-order valence-corrected chi connectivity index (χ2v) is 6.91. The summed E-state index contributed by atoms with van der Waals surface area (Å²) in [6, 6.07) is 9.96. The van der Waals surface area contributed by atoms with Gasteiger partial charge in [0.25, 0.3) is 5.91 Å². The molecule has 2 amide bonds. The maximum Gasteiger partial charge on any atom is 0.255 e. The number of piperidine rings is 1. The van der Waals surface area contributed by atoms with Crippen molar-refractivity contribution >= 4 is 11.8 Å². The smallest absolute Gasteiger partial charge is 0.255 e. The summed E-state index contributed by atoms with van der Waals surface area (Å²) >= 11 is 0. The summed E-state index contributed by atoms with van der Waals surface area (Å²) in [6.45, 7) is 1.60. The number of benzene rings is 1. The van der Waals surface area contributed by atoms with Gasteiger partial charge in [0.2, 0.25) is 5.91 Å². The number of amides is 2. The lowest BCUT2D eigenvalue weighted by Gasteiger charge is -2.32. The highest BCUT2D eigenvalue weighted by molar-refractivity contribution is 5.93. The largest absolute Gasteiger partial charge is 0.352 e. The normalized spacial score (nSPS) is 16.8. The van der Waals surface area contributed by atoms with E-state index in [9.17, 15) is 14.0 Å². The number of pyridine rings is 1. The van der Waals surface area contributed by atoms with E-state index in [1.165, 1.54) is 6.07 Å². The van der Waals surface area contributed by atoms with E-state index in [2.05, 4.69) is 10.3 Å². The Bertz CT molecular complexity index is 782. The van der Waals surface area contributed by atoms with Crippen LogP contribution >= 0.6 is 0 Å². The van der Waals surface area contributed by atoms with Crippen molar-refractivity contribution in [2.24, 2.45) is 5.92 Å². The maximum absolute atomic E-state index is 13.6. The topological polar surface area (TPSA) is 62.3 Å². The van der Waals surface area contributed by atoms with E-state index in [1.807, 2.05) is 4.90 Å². The first-order chi connectivity index (χ1) is 13.1. The van der Waals surface area contributed by atoms with Gasteiger partial charge in [-0.1, -0.05) is 18.2 Å². The number of carbonyl (C=O) groups excluding carboxylic acids is 2. The SMILES string of the molecule is O=C(CC[C@@H]1CCCN(C(=O)c2cccnc2)C1)NCc1ccccc1F. The van der Waals surface area contributed by atoms with Crippen molar-refractivity contribution in [3.05, 3.63) is 65.7 Å². The third kappa shape index (κ3) is 5.36. The van der Waals surface area contributed by atoms with Crippen molar-refractivity contribution < 1.29 is 14.0 Å². The van der Waals surface area contributed by atoms with E-state index in [4.69, 9.17) is 0 Å². The van der Waals surface area contributed by atoms with Gasteiger partial charge < -0.3 is 10.2 Å². The van der Waals surface area contributed by atoms with Crippen LogP contribution in [0.4, 0.5) is 4.39 Å². The Morgan fingerprint density at radius 1 is 1.22 bits per heavy atom. The molecule has 1 saturated heterocycles. The maximum atomic E-state index is 13.6. The molecule has 0 radical (unpaired) electrons. The molecule has 2 heterocycles. The van der Waals surface area contributed by atoms with Crippen LogP contribution in [0, 0.1) is 11.7 Å². The van der Waals surface area contributed by atoms with Crippen LogP contribution in [0.1, 0.15) is 41.6 Å². The van der Waals surface area contributed by atoms with Gasteiger partial charge in [0.05, 0.1) is 5.56 Å². The average Bonchev–Trinajstić information content (AvgIpc) is 2.72. The van der Waals surface area contributed by atoms with Gasteiger partial charge in [0.15, 0.2) is 0 Å². The minimum absolute atomic E-state index is 0.00296. The first kappa shape index (κ1) is 19.0. The van der Waals surface area contributed by atoms with Gasteiger partial charge in [-0.15, -0.1) is 0 Å². The Balaban J connectivity index is 1.44. The zero-order chi connectivity index (χ0) is 19.1. The van der Waals surface area contributed by atoms with Gasteiger partial charge in [-0.05, 0) is 43.4 Å². The third-order valence-electron chi connectivity index (χ3n) is 4.93. The molecule has 1 aliphatic rings. The van der Waals surface area contributed by atoms with Gasteiger partial charge in [-0.25, -0.2) is 4.39 Å². The standard InChI is InChI=1S/C21H24FN3O2/c22-19-8-2-1-6-17(19)14-24-20(26)10-9-16-5-4-12-25(15-16)21(27)18-7-3-11-23-13-18/h1-3,6-8,11,13,16H,4-5,9-10,12,14-15H2,(H,24,26)/t16-/m0/s1. The van der Waals surface area contributed by atoms with Crippen LogP contribution < -0.4 is 5.32 Å². The minimum atomic E-state index is -0.311. The minimum Gasteiger partial charge on any atom is -0.352 e. The Labute approximate surface area is 158 Å². The summed E-state index contributed by atoms with van der Waals surface area (Å²) in [4.78, 5) is 30.5. The average molecular weight is 369 g/mol. The fourth-order valence-electron chi connectivity index (χ4n) is 3.42. The number of nitrogens with one attached hydrogen (secondary N) is 1. The molecular formula is C21H24FN3O2. The fourth-order valence-corrected chi connectivity index (χ4v) is 3.42. The molecular weight excluding hydrogens is 345 g/mol. The van der Waals surface area contributed by atoms with Crippen LogP contribution in [-0.2, 0) is 11.3 Å². The van der Waals surface area contributed by atoms with Crippen molar-refractivity contribution in [3.63, 3.8) is 0 Å². The van der Waals surface area contributed by atoms with Crippen molar-refractivity contribution in [2.45, 2.75) is 32.2 Å². The molecule has 27 heavy (non-hydrogen) atoms. The highest BCUT2D eigenvalue weighted by Gasteiger charge is 2.24. The number of halogens is 1. The van der Waals surface area contributed by atoms with Gasteiger partial charge in [0.1, 0.15) is 5.82 Å². The van der Waals surface area contributed by atoms with Gasteiger partial charge in [-0.3, -0.25) is 14.6 Å². The Morgan fingerprint density at radius 2 is 2.07 bits per heavy atom. The zero-order valence-electron chi connectivity index (χ0n) is 15.2. The van der Waals surface area contributed by atoms with E-state index >= 15 is 0 Å². The van der Waals surface area contributed by atoms with E-state index in [0.717, 1.165) is 25.8 Å². The molecule has 1 atom stereocenters. The molecule has 0 bridgehead atoms. The molecule has 0 aliphatic carbocycles. The third-order valence-corrected chi connectivity index (χ3v) is 4.93. The van der Waals surface area contributed by atoms with Crippen LogP contribution in [-0.4, -0.2) is 34.8 Å². The lowest BCUT2D eigenvalue weighted by molar-refractivity contribution is -0.121. The molecule has 1 aromatic heterocycles. The molecule has 3 rings (SSSR count). The van der Waals surface area contributed by atoms with E-state index in [-0.39, 0.29) is 24.2 Å². The van der Waals surface area contributed by atoms with E-state index in [0.29, 0.717) is 30.0 Å². The number of hydrogen-bond donors (Lipinski definition) is 1. The zero-order valence-corrected chi connectivity index (χ0v) is 15.2. The van der Waals surface area contributed by atoms with Gasteiger partial charge >= 0.3 is 0 Å². The Kier molecular flexibility index (Phi) is 6.52. The number of aromatic nitrogens is 1. The first-order valence-electron chi connectivity index (χ1n) is 9.33. The second kappa shape index (κ2) is 9.26. The molecule has 142 valence electrons. The highest BCUT2D eigenvalue weighted by atomic mass is 19.1. The number of nitrogens with zero attached hydrogens (tertiary/aromatic N) is 2. The molecule has 1 N–H and O–H groups in total. The van der Waals surface area contributed by atoms with Crippen molar-refractivity contribution in [1.82, 2.24) is 15.2 Å². The number of likely N-dealkylation sites (tertiary alicyclic amines) is 1. The van der Waals surface area contributed by atoms with Crippen LogP contribution in [0.2, 0.25) is 0 Å². The molecule has 0 spiro atoms. The molecule has 2 aromatic rings. The molecule has 1 aliphatic heterocycles. The number of hydrogen-bond acceptors (Lipinski definition) is 3. The summed E-state index contributed by atoms with van der Waals surface area (Å²) in [5.41, 5.74) is 1.08. The summed E-state index contributed by atoms with van der Waals surface area (Å²) in [7, 11) is 0. The van der Waals surface area contributed by atoms with Crippen LogP contribution in [0.25, 0.3) is 0 Å². The van der Waals surface area contributed by atoms with E-state index < -0.39 is 0 Å². The summed E-state index contributed by atoms with van der Waals surface area (Å²) in [5.74, 6) is -0.0982. The van der Waals surface area contributed by atoms with Gasteiger partial charge in [0, 0.05) is 44.0 Å². The first-order valence-corrected chi connectivity index (χ1v) is 9.33. The predicted molar refractivity (Wildman–Crippen MR) is 100 cm³/mol. The van der Waals surface area contributed by atoms with Crippen LogP contribution in [0.15, 0.2) is 48.8 Å². The monoisotopic (exact) mass is 369 g/mol. The number of carbonyl (C=O) groups is 2. The number of rotatable bonds is 6. The summed E-state index contributed by atoms with van der Waals surface area (Å²) < 4.78 is 13.6. The molecule has 0 saturated carbocycles. The quantitative estimate of drug-likeness (QED) is 0.851.